The molecule has 0 saturated carbocycles. The Morgan fingerprint density at radius 3 is 2.31 bits per heavy atom. The van der Waals surface area contributed by atoms with Crippen molar-refractivity contribution >= 4 is 5.78 Å². The highest BCUT2D eigenvalue weighted by Crippen LogP contribution is 2.08. The number of nitrogens with two attached hydrogens (primary N) is 1. The van der Waals surface area contributed by atoms with Gasteiger partial charge in [0.1, 0.15) is 5.78 Å². The zero-order valence-corrected chi connectivity index (χ0v) is 10.0. The van der Waals surface area contributed by atoms with Crippen molar-refractivity contribution in [1.82, 2.24) is 0 Å². The lowest BCUT2D eigenvalue weighted by Gasteiger charge is -2.02. The normalized spacial score (nSPS) is 10.4. The summed E-state index contributed by atoms with van der Waals surface area (Å²) in [7, 11) is 0. The Hall–Kier alpha value is -1.15. The van der Waals surface area contributed by atoms with Gasteiger partial charge in [0.25, 0.3) is 0 Å². The van der Waals surface area contributed by atoms with E-state index in [1.807, 2.05) is 0 Å². The van der Waals surface area contributed by atoms with E-state index in [0.29, 0.717) is 25.2 Å². The van der Waals surface area contributed by atoms with Crippen molar-refractivity contribution in [2.24, 2.45) is 5.73 Å². The molecular weight excluding hydrogens is 198 g/mol. The minimum absolute atomic E-state index is 0.324. The van der Waals surface area contributed by atoms with Gasteiger partial charge in [-0.05, 0) is 36.9 Å². The molecule has 0 amide bonds. The maximum Gasteiger partial charge on any atom is 0.133 e. The smallest absolute Gasteiger partial charge is 0.133 e. The van der Waals surface area contributed by atoms with Gasteiger partial charge in [-0.3, -0.25) is 4.79 Å². The number of rotatable bonds is 7. The topological polar surface area (TPSA) is 43.1 Å². The molecule has 88 valence electrons. The molecule has 0 radical (unpaired) electrons. The van der Waals surface area contributed by atoms with Crippen molar-refractivity contribution in [2.75, 3.05) is 6.54 Å². The second-order valence-corrected chi connectivity index (χ2v) is 4.10. The van der Waals surface area contributed by atoms with Crippen molar-refractivity contribution in [1.29, 1.82) is 0 Å². The maximum absolute atomic E-state index is 11.4. The van der Waals surface area contributed by atoms with Crippen LogP contribution >= 0.6 is 0 Å². The van der Waals surface area contributed by atoms with Gasteiger partial charge in [0.05, 0.1) is 0 Å². The zero-order chi connectivity index (χ0) is 11.8. The van der Waals surface area contributed by atoms with Crippen LogP contribution in [0.5, 0.6) is 0 Å². The summed E-state index contributed by atoms with van der Waals surface area (Å²) in [4.78, 5) is 11.4. The quantitative estimate of drug-likeness (QED) is 0.765. The van der Waals surface area contributed by atoms with Crippen LogP contribution < -0.4 is 5.73 Å². The van der Waals surface area contributed by atoms with Crippen molar-refractivity contribution in [2.45, 2.75) is 39.0 Å². The number of Topliss-reactive ketones (excluding diaryl/α,β-unsaturated/α-hetero) is 1. The van der Waals surface area contributed by atoms with Crippen LogP contribution in [0.3, 0.4) is 0 Å². The monoisotopic (exact) mass is 219 g/mol. The Morgan fingerprint density at radius 1 is 1.12 bits per heavy atom. The average molecular weight is 219 g/mol. The standard InChI is InChI=1S/C14H21NO/c1-2-12-5-7-13(8-6-12)9-10-14(16)4-3-11-15/h5-8H,2-4,9-11,15H2,1H3. The number of ketones is 1. The summed E-state index contributed by atoms with van der Waals surface area (Å²) >= 11 is 0. The molecule has 0 spiro atoms. The van der Waals surface area contributed by atoms with Crippen LogP contribution in [0.1, 0.15) is 37.3 Å². The van der Waals surface area contributed by atoms with Crippen molar-refractivity contribution in [3.05, 3.63) is 35.4 Å². The fraction of sp³-hybridized carbons (Fsp3) is 0.500. The third-order valence-electron chi connectivity index (χ3n) is 2.78. The molecule has 0 aromatic heterocycles. The van der Waals surface area contributed by atoms with E-state index in [9.17, 15) is 4.79 Å². The van der Waals surface area contributed by atoms with E-state index in [1.54, 1.807) is 0 Å². The van der Waals surface area contributed by atoms with E-state index < -0.39 is 0 Å². The minimum Gasteiger partial charge on any atom is -0.330 e. The molecule has 2 nitrogen and oxygen atoms in total. The molecule has 0 aliphatic heterocycles. The fourth-order valence-electron chi connectivity index (χ4n) is 1.65. The van der Waals surface area contributed by atoms with Gasteiger partial charge in [0.15, 0.2) is 0 Å². The predicted octanol–water partition coefficient (Wildman–Crippen LogP) is 2.49. The summed E-state index contributed by atoms with van der Waals surface area (Å²) in [5.41, 5.74) is 7.96. The Morgan fingerprint density at radius 2 is 1.75 bits per heavy atom. The largest absolute Gasteiger partial charge is 0.330 e. The molecular formula is C14H21NO. The molecule has 1 aromatic carbocycles. The highest BCUT2D eigenvalue weighted by molar-refractivity contribution is 5.78. The van der Waals surface area contributed by atoms with Gasteiger partial charge in [-0.2, -0.15) is 0 Å². The first kappa shape index (κ1) is 12.9. The summed E-state index contributed by atoms with van der Waals surface area (Å²) in [5, 5.41) is 0. The van der Waals surface area contributed by atoms with Crippen molar-refractivity contribution in [3.8, 4) is 0 Å². The third kappa shape index (κ3) is 4.58. The Bertz CT molecular complexity index is 316. The van der Waals surface area contributed by atoms with Crippen LogP contribution in [0.25, 0.3) is 0 Å². The lowest BCUT2D eigenvalue weighted by atomic mass is 10.0. The van der Waals surface area contributed by atoms with Gasteiger partial charge < -0.3 is 5.73 Å². The van der Waals surface area contributed by atoms with Crippen LogP contribution in [0.4, 0.5) is 0 Å². The van der Waals surface area contributed by atoms with Gasteiger partial charge >= 0.3 is 0 Å². The maximum atomic E-state index is 11.4. The SMILES string of the molecule is CCc1ccc(CCC(=O)CCCN)cc1. The Kier molecular flexibility index (Phi) is 5.79. The van der Waals surface area contributed by atoms with Crippen LogP contribution in [-0.2, 0) is 17.6 Å². The van der Waals surface area contributed by atoms with Crippen molar-refractivity contribution in [3.63, 3.8) is 0 Å². The first-order valence-corrected chi connectivity index (χ1v) is 6.06. The number of hydrogen-bond donors (Lipinski definition) is 1. The molecule has 0 heterocycles. The van der Waals surface area contributed by atoms with Crippen LogP contribution in [0.15, 0.2) is 24.3 Å². The first-order valence-electron chi connectivity index (χ1n) is 6.06. The van der Waals surface area contributed by atoms with E-state index >= 15 is 0 Å². The first-order chi connectivity index (χ1) is 7.76. The highest BCUT2D eigenvalue weighted by Gasteiger charge is 2.02. The van der Waals surface area contributed by atoms with Gasteiger partial charge in [0, 0.05) is 12.8 Å². The van der Waals surface area contributed by atoms with Crippen molar-refractivity contribution < 1.29 is 4.79 Å². The fourth-order valence-corrected chi connectivity index (χ4v) is 1.65. The van der Waals surface area contributed by atoms with Crippen LogP contribution in [-0.4, -0.2) is 12.3 Å². The predicted molar refractivity (Wildman–Crippen MR) is 67.4 cm³/mol. The molecule has 2 N–H and O–H groups in total. The molecule has 1 aromatic rings. The van der Waals surface area contributed by atoms with E-state index in [4.69, 9.17) is 5.73 Å². The average Bonchev–Trinajstić information content (AvgIpc) is 2.34. The molecule has 0 aliphatic rings. The number of carbonyl (C=O) groups is 1. The molecule has 2 heteroatoms. The number of benzene rings is 1. The molecule has 0 aliphatic carbocycles. The molecule has 0 fully saturated rings. The molecule has 0 atom stereocenters. The van der Waals surface area contributed by atoms with E-state index in [0.717, 1.165) is 19.3 Å². The lowest BCUT2D eigenvalue weighted by molar-refractivity contribution is -0.119. The second-order valence-electron chi connectivity index (χ2n) is 4.10. The highest BCUT2D eigenvalue weighted by atomic mass is 16.1. The Balaban J connectivity index is 2.33. The lowest BCUT2D eigenvalue weighted by Crippen LogP contribution is -2.05. The summed E-state index contributed by atoms with van der Waals surface area (Å²) in [5.74, 6) is 0.324. The van der Waals surface area contributed by atoms with Gasteiger partial charge in [-0.15, -0.1) is 0 Å². The molecule has 0 saturated heterocycles. The molecule has 1 rings (SSSR count). The van der Waals surface area contributed by atoms with E-state index in [-0.39, 0.29) is 0 Å². The summed E-state index contributed by atoms with van der Waals surface area (Å²) in [6, 6.07) is 8.52. The van der Waals surface area contributed by atoms with Gasteiger partial charge in [-0.1, -0.05) is 31.2 Å². The molecule has 16 heavy (non-hydrogen) atoms. The summed E-state index contributed by atoms with van der Waals surface area (Å²) in [6.07, 6.45) is 4.01. The molecule has 0 unspecified atom stereocenters. The van der Waals surface area contributed by atoms with E-state index in [1.165, 1.54) is 11.1 Å². The van der Waals surface area contributed by atoms with Gasteiger partial charge in [-0.25, -0.2) is 0 Å². The second kappa shape index (κ2) is 7.18. The number of hydrogen-bond acceptors (Lipinski definition) is 2. The third-order valence-corrected chi connectivity index (χ3v) is 2.78. The van der Waals surface area contributed by atoms with E-state index in [2.05, 4.69) is 31.2 Å². The summed E-state index contributed by atoms with van der Waals surface area (Å²) in [6.45, 7) is 2.75. The zero-order valence-electron chi connectivity index (χ0n) is 10.0. The number of aryl methyl sites for hydroxylation is 2. The molecule has 0 bridgehead atoms. The Labute approximate surface area is 97.9 Å². The minimum atomic E-state index is 0.324. The number of carbonyl (C=O) groups excluding carboxylic acids is 1. The van der Waals surface area contributed by atoms with Crippen LogP contribution in [0, 0.1) is 0 Å². The summed E-state index contributed by atoms with van der Waals surface area (Å²) < 4.78 is 0. The van der Waals surface area contributed by atoms with Gasteiger partial charge in [0.2, 0.25) is 0 Å². The van der Waals surface area contributed by atoms with Crippen LogP contribution in [0.2, 0.25) is 0 Å².